The summed E-state index contributed by atoms with van der Waals surface area (Å²) in [7, 11) is 0. The summed E-state index contributed by atoms with van der Waals surface area (Å²) in [6.07, 6.45) is 9.35. The highest BCUT2D eigenvalue weighted by Gasteiger charge is 2.12. The Hall–Kier alpha value is -2.32. The van der Waals surface area contributed by atoms with Gasteiger partial charge < -0.3 is 4.98 Å². The molecule has 2 nitrogen and oxygen atoms in total. The molecule has 3 aromatic rings. The minimum Gasteiger partial charge on any atom is -0.361 e. The Morgan fingerprint density at radius 3 is 2.73 bits per heavy atom. The third-order valence-electron chi connectivity index (χ3n) is 5.51. The number of unbranched alkanes of at least 4 members (excludes halogenated alkanes) is 1. The molecule has 2 aromatic carbocycles. The van der Waals surface area contributed by atoms with Crippen molar-refractivity contribution in [2.75, 3.05) is 19.6 Å². The SMILES string of the molecule is Cc1cc(CCCCN2CC=C(c3ccccc3)CC2)c2cc[nH]c2c1. The van der Waals surface area contributed by atoms with Gasteiger partial charge in [0.2, 0.25) is 0 Å². The lowest BCUT2D eigenvalue weighted by atomic mass is 9.99. The van der Waals surface area contributed by atoms with Gasteiger partial charge in [-0.1, -0.05) is 42.5 Å². The second kappa shape index (κ2) is 7.92. The van der Waals surface area contributed by atoms with Crippen LogP contribution in [-0.4, -0.2) is 29.5 Å². The van der Waals surface area contributed by atoms with Crippen molar-refractivity contribution in [1.29, 1.82) is 0 Å². The number of aryl methyl sites for hydroxylation is 2. The van der Waals surface area contributed by atoms with Crippen molar-refractivity contribution in [3.8, 4) is 0 Å². The molecule has 1 aromatic heterocycles. The number of rotatable bonds is 6. The van der Waals surface area contributed by atoms with Crippen molar-refractivity contribution in [3.63, 3.8) is 0 Å². The normalized spacial score (nSPS) is 15.3. The smallest absolute Gasteiger partial charge is 0.0459 e. The van der Waals surface area contributed by atoms with E-state index in [1.165, 1.54) is 71.9 Å². The summed E-state index contributed by atoms with van der Waals surface area (Å²) >= 11 is 0. The molecular weight excluding hydrogens is 316 g/mol. The lowest BCUT2D eigenvalue weighted by molar-refractivity contribution is 0.295. The monoisotopic (exact) mass is 344 g/mol. The van der Waals surface area contributed by atoms with Gasteiger partial charge in [-0.3, -0.25) is 4.90 Å². The Balaban J connectivity index is 1.27. The van der Waals surface area contributed by atoms with Crippen LogP contribution in [0.1, 0.15) is 36.0 Å². The second-order valence-electron chi connectivity index (χ2n) is 7.47. The summed E-state index contributed by atoms with van der Waals surface area (Å²) in [6.45, 7) is 5.68. The van der Waals surface area contributed by atoms with Crippen LogP contribution in [0.2, 0.25) is 0 Å². The Morgan fingerprint density at radius 1 is 1.04 bits per heavy atom. The highest BCUT2D eigenvalue weighted by Crippen LogP contribution is 2.23. The topological polar surface area (TPSA) is 19.0 Å². The van der Waals surface area contributed by atoms with Gasteiger partial charge in [-0.2, -0.15) is 0 Å². The summed E-state index contributed by atoms with van der Waals surface area (Å²) in [4.78, 5) is 5.94. The molecule has 1 aliphatic rings. The van der Waals surface area contributed by atoms with Crippen LogP contribution in [0.4, 0.5) is 0 Å². The average molecular weight is 345 g/mol. The van der Waals surface area contributed by atoms with E-state index >= 15 is 0 Å². The second-order valence-corrected chi connectivity index (χ2v) is 7.47. The fourth-order valence-corrected chi connectivity index (χ4v) is 4.09. The summed E-state index contributed by atoms with van der Waals surface area (Å²) in [5, 5.41) is 1.39. The number of aromatic nitrogens is 1. The first kappa shape index (κ1) is 17.1. The van der Waals surface area contributed by atoms with Gasteiger partial charge >= 0.3 is 0 Å². The van der Waals surface area contributed by atoms with Crippen LogP contribution >= 0.6 is 0 Å². The summed E-state index contributed by atoms with van der Waals surface area (Å²) in [5.74, 6) is 0. The molecule has 4 rings (SSSR count). The molecular formula is C24H28N2. The standard InChI is InChI=1S/C24H28N2/c1-19-17-22(23-10-13-25-24(23)18-19)9-5-6-14-26-15-11-21(12-16-26)20-7-3-2-4-8-20/h2-4,7-8,10-11,13,17-18,25H,5-6,9,12,14-16H2,1H3. The maximum Gasteiger partial charge on any atom is 0.0459 e. The Bertz CT molecular complexity index is 889. The van der Waals surface area contributed by atoms with Crippen LogP contribution in [0.15, 0.2) is 60.8 Å². The molecule has 0 amide bonds. The molecule has 134 valence electrons. The summed E-state index contributed by atoms with van der Waals surface area (Å²) in [5.41, 5.74) is 7.02. The number of H-pyrrole nitrogens is 1. The molecule has 0 saturated carbocycles. The average Bonchev–Trinajstić information content (AvgIpc) is 3.15. The van der Waals surface area contributed by atoms with E-state index in [9.17, 15) is 0 Å². The zero-order valence-electron chi connectivity index (χ0n) is 15.7. The first-order chi connectivity index (χ1) is 12.8. The van der Waals surface area contributed by atoms with Gasteiger partial charge in [0.15, 0.2) is 0 Å². The van der Waals surface area contributed by atoms with Gasteiger partial charge in [-0.05, 0) is 73.5 Å². The van der Waals surface area contributed by atoms with Gasteiger partial charge in [-0.15, -0.1) is 0 Å². The maximum absolute atomic E-state index is 3.35. The molecule has 2 heterocycles. The van der Waals surface area contributed by atoms with Crippen LogP contribution in [0.5, 0.6) is 0 Å². The van der Waals surface area contributed by atoms with E-state index in [1.54, 1.807) is 0 Å². The van der Waals surface area contributed by atoms with Gasteiger partial charge in [0, 0.05) is 30.2 Å². The van der Waals surface area contributed by atoms with Crippen molar-refractivity contribution in [2.24, 2.45) is 0 Å². The van der Waals surface area contributed by atoms with E-state index in [0.29, 0.717) is 0 Å². The molecule has 2 heteroatoms. The van der Waals surface area contributed by atoms with Gasteiger partial charge in [0.25, 0.3) is 0 Å². The number of benzene rings is 2. The number of nitrogens with zero attached hydrogens (tertiary/aromatic N) is 1. The Morgan fingerprint density at radius 2 is 1.92 bits per heavy atom. The fourth-order valence-electron chi connectivity index (χ4n) is 4.09. The highest BCUT2D eigenvalue weighted by atomic mass is 15.1. The first-order valence-electron chi connectivity index (χ1n) is 9.83. The minimum absolute atomic E-state index is 1.09. The van der Waals surface area contributed by atoms with E-state index in [0.717, 1.165) is 6.54 Å². The number of aromatic amines is 1. The van der Waals surface area contributed by atoms with Crippen LogP contribution in [-0.2, 0) is 6.42 Å². The van der Waals surface area contributed by atoms with Crippen molar-refractivity contribution in [3.05, 3.63) is 77.5 Å². The zero-order valence-corrected chi connectivity index (χ0v) is 15.7. The number of fused-ring (bicyclic) bond motifs is 1. The van der Waals surface area contributed by atoms with Gasteiger partial charge in [0.1, 0.15) is 0 Å². The molecule has 0 aliphatic carbocycles. The third kappa shape index (κ3) is 3.91. The molecule has 26 heavy (non-hydrogen) atoms. The van der Waals surface area contributed by atoms with Crippen LogP contribution in [0.3, 0.4) is 0 Å². The highest BCUT2D eigenvalue weighted by molar-refractivity contribution is 5.83. The number of hydrogen-bond acceptors (Lipinski definition) is 1. The molecule has 1 aliphatic heterocycles. The molecule has 0 bridgehead atoms. The predicted molar refractivity (Wildman–Crippen MR) is 111 cm³/mol. The Kier molecular flexibility index (Phi) is 5.21. The molecule has 0 unspecified atom stereocenters. The van der Waals surface area contributed by atoms with E-state index in [-0.39, 0.29) is 0 Å². The fraction of sp³-hybridized carbons (Fsp3) is 0.333. The summed E-state index contributed by atoms with van der Waals surface area (Å²) < 4.78 is 0. The lowest BCUT2D eigenvalue weighted by Gasteiger charge is -2.26. The third-order valence-corrected chi connectivity index (χ3v) is 5.51. The molecule has 1 N–H and O–H groups in total. The van der Waals surface area contributed by atoms with Crippen molar-refractivity contribution < 1.29 is 0 Å². The van der Waals surface area contributed by atoms with E-state index in [4.69, 9.17) is 0 Å². The largest absolute Gasteiger partial charge is 0.361 e. The van der Waals surface area contributed by atoms with Crippen LogP contribution < -0.4 is 0 Å². The van der Waals surface area contributed by atoms with E-state index in [1.807, 2.05) is 0 Å². The molecule has 0 spiro atoms. The quantitative estimate of drug-likeness (QED) is 0.578. The number of hydrogen-bond donors (Lipinski definition) is 1. The van der Waals surface area contributed by atoms with E-state index in [2.05, 4.69) is 77.6 Å². The molecule has 0 atom stereocenters. The van der Waals surface area contributed by atoms with Crippen LogP contribution in [0.25, 0.3) is 16.5 Å². The zero-order chi connectivity index (χ0) is 17.8. The minimum atomic E-state index is 1.09. The maximum atomic E-state index is 3.35. The van der Waals surface area contributed by atoms with Crippen molar-refractivity contribution in [2.45, 2.75) is 32.6 Å². The van der Waals surface area contributed by atoms with Crippen LogP contribution in [0, 0.1) is 6.92 Å². The van der Waals surface area contributed by atoms with Crippen molar-refractivity contribution in [1.82, 2.24) is 9.88 Å². The summed E-state index contributed by atoms with van der Waals surface area (Å²) in [6, 6.07) is 17.6. The lowest BCUT2D eigenvalue weighted by Crippen LogP contribution is -2.29. The molecule has 0 fully saturated rings. The predicted octanol–water partition coefficient (Wildman–Crippen LogP) is 5.59. The van der Waals surface area contributed by atoms with Crippen molar-refractivity contribution >= 4 is 16.5 Å². The molecule has 0 saturated heterocycles. The molecule has 0 radical (unpaired) electrons. The Labute approximate surface area is 156 Å². The number of nitrogens with one attached hydrogen (secondary N) is 1. The van der Waals surface area contributed by atoms with Gasteiger partial charge in [0.05, 0.1) is 0 Å². The van der Waals surface area contributed by atoms with E-state index < -0.39 is 0 Å². The first-order valence-corrected chi connectivity index (χ1v) is 9.83. The van der Waals surface area contributed by atoms with Gasteiger partial charge in [-0.25, -0.2) is 0 Å².